The molecule has 2 atom stereocenters. The van der Waals surface area contributed by atoms with Crippen LogP contribution in [-0.4, -0.2) is 11.7 Å². The van der Waals surface area contributed by atoms with E-state index in [-0.39, 0.29) is 23.7 Å². The van der Waals surface area contributed by atoms with E-state index in [0.717, 1.165) is 5.56 Å². The van der Waals surface area contributed by atoms with Crippen molar-refractivity contribution in [2.45, 2.75) is 19.0 Å². The smallest absolute Gasteiger partial charge is 0.142 e. The van der Waals surface area contributed by atoms with Gasteiger partial charge in [0, 0.05) is 11.1 Å². The van der Waals surface area contributed by atoms with Crippen LogP contribution in [0, 0.1) is 5.82 Å². The van der Waals surface area contributed by atoms with Crippen LogP contribution >= 0.6 is 23.2 Å². The first-order valence-corrected chi connectivity index (χ1v) is 7.34. The lowest BCUT2D eigenvalue weighted by atomic mass is 10.0. The Bertz CT molecular complexity index is 607. The highest BCUT2D eigenvalue weighted by Crippen LogP contribution is 2.30. The summed E-state index contributed by atoms with van der Waals surface area (Å²) in [7, 11) is 0. The summed E-state index contributed by atoms with van der Waals surface area (Å²) >= 11 is 11.8. The second kappa shape index (κ2) is 7.23. The molecule has 0 saturated carbocycles. The van der Waals surface area contributed by atoms with Crippen molar-refractivity contribution in [3.05, 3.63) is 69.5 Å². The van der Waals surface area contributed by atoms with Crippen molar-refractivity contribution in [1.29, 1.82) is 0 Å². The highest BCUT2D eigenvalue weighted by Gasteiger charge is 2.18. The Hall–Kier alpha value is -1.13. The van der Waals surface area contributed by atoms with Crippen LogP contribution in [0.1, 0.15) is 30.1 Å². The third-order valence-corrected chi connectivity index (χ3v) is 3.96. The molecule has 0 spiro atoms. The molecule has 5 heteroatoms. The summed E-state index contributed by atoms with van der Waals surface area (Å²) in [6.45, 7) is 1.79. The second-order valence-corrected chi connectivity index (χ2v) is 5.64. The van der Waals surface area contributed by atoms with Gasteiger partial charge in [0.05, 0.1) is 17.7 Å². The van der Waals surface area contributed by atoms with Crippen molar-refractivity contribution in [2.75, 3.05) is 6.61 Å². The maximum atomic E-state index is 13.6. The zero-order valence-electron chi connectivity index (χ0n) is 11.5. The summed E-state index contributed by atoms with van der Waals surface area (Å²) in [4.78, 5) is 0. The Morgan fingerprint density at radius 2 is 1.81 bits per heavy atom. The normalized spacial score (nSPS) is 14.0. The van der Waals surface area contributed by atoms with Crippen LogP contribution in [0.15, 0.2) is 42.5 Å². The van der Waals surface area contributed by atoms with Gasteiger partial charge in [-0.15, -0.1) is 0 Å². The molecule has 2 rings (SSSR count). The molecule has 0 aliphatic rings. The predicted octanol–water partition coefficient (Wildman–Crippen LogP) is 4.52. The number of aliphatic hydroxyl groups excluding tert-OH is 1. The molecule has 2 aromatic rings. The summed E-state index contributed by atoms with van der Waals surface area (Å²) in [5.41, 5.74) is 1.56. The van der Waals surface area contributed by atoms with Gasteiger partial charge >= 0.3 is 0 Å². The molecule has 0 radical (unpaired) electrons. The molecule has 2 nitrogen and oxygen atoms in total. The van der Waals surface area contributed by atoms with E-state index in [2.05, 4.69) is 5.32 Å². The van der Waals surface area contributed by atoms with Crippen molar-refractivity contribution in [2.24, 2.45) is 0 Å². The molecule has 112 valence electrons. The largest absolute Gasteiger partial charge is 0.394 e. The minimum Gasteiger partial charge on any atom is -0.394 e. The lowest BCUT2D eigenvalue weighted by molar-refractivity contribution is 0.235. The maximum absolute atomic E-state index is 13.6. The summed E-state index contributed by atoms with van der Waals surface area (Å²) in [5, 5.41) is 13.2. The van der Waals surface area contributed by atoms with Crippen LogP contribution in [-0.2, 0) is 0 Å². The summed E-state index contributed by atoms with van der Waals surface area (Å²) in [6, 6.07) is 11.8. The van der Waals surface area contributed by atoms with Crippen LogP contribution in [0.3, 0.4) is 0 Å². The number of benzene rings is 2. The molecule has 2 unspecified atom stereocenters. The average molecular weight is 328 g/mol. The minimum absolute atomic E-state index is 0.00211. The van der Waals surface area contributed by atoms with Gasteiger partial charge in [-0.3, -0.25) is 0 Å². The number of halogens is 3. The summed E-state index contributed by atoms with van der Waals surface area (Å²) in [6.07, 6.45) is 0. The summed E-state index contributed by atoms with van der Waals surface area (Å²) < 4.78 is 13.6. The molecule has 0 heterocycles. The number of hydrogen-bond donors (Lipinski definition) is 2. The Balaban J connectivity index is 2.20. The molecule has 2 aromatic carbocycles. The fourth-order valence-corrected chi connectivity index (χ4v) is 2.75. The highest BCUT2D eigenvalue weighted by molar-refractivity contribution is 6.35. The van der Waals surface area contributed by atoms with Crippen molar-refractivity contribution in [3.8, 4) is 0 Å². The van der Waals surface area contributed by atoms with Crippen molar-refractivity contribution in [3.63, 3.8) is 0 Å². The first kappa shape index (κ1) is 16.2. The van der Waals surface area contributed by atoms with E-state index in [1.807, 2.05) is 37.3 Å². The monoisotopic (exact) mass is 327 g/mol. The van der Waals surface area contributed by atoms with Gasteiger partial charge in [0.2, 0.25) is 0 Å². The van der Waals surface area contributed by atoms with E-state index < -0.39 is 5.82 Å². The molecule has 0 bridgehead atoms. The van der Waals surface area contributed by atoms with Crippen molar-refractivity contribution in [1.82, 2.24) is 5.32 Å². The van der Waals surface area contributed by atoms with Gasteiger partial charge in [-0.25, -0.2) is 4.39 Å². The Morgan fingerprint density at radius 1 is 1.14 bits per heavy atom. The standard InChI is InChI=1S/C16H16Cl2FNO/c1-10(12-7-15(19)14(18)8-13(12)17)20-16(9-21)11-5-3-2-4-6-11/h2-8,10,16,20-21H,9H2,1H3. The molecule has 0 amide bonds. The number of hydrogen-bond acceptors (Lipinski definition) is 2. The molecule has 2 N–H and O–H groups in total. The van der Waals surface area contributed by atoms with Crippen LogP contribution in [0.4, 0.5) is 4.39 Å². The van der Waals surface area contributed by atoms with E-state index in [1.54, 1.807) is 0 Å². The molecular weight excluding hydrogens is 312 g/mol. The third-order valence-electron chi connectivity index (χ3n) is 3.34. The predicted molar refractivity (Wildman–Crippen MR) is 84.2 cm³/mol. The molecule has 0 aromatic heterocycles. The number of nitrogens with one attached hydrogen (secondary N) is 1. The minimum atomic E-state index is -0.509. The topological polar surface area (TPSA) is 32.3 Å². The van der Waals surface area contributed by atoms with Crippen molar-refractivity contribution >= 4 is 23.2 Å². The third kappa shape index (κ3) is 3.95. The zero-order chi connectivity index (χ0) is 15.4. The molecular formula is C16H16Cl2FNO. The van der Waals surface area contributed by atoms with Crippen LogP contribution in [0.25, 0.3) is 0 Å². The van der Waals surface area contributed by atoms with E-state index in [9.17, 15) is 9.50 Å². The lowest BCUT2D eigenvalue weighted by Gasteiger charge is -2.23. The fraction of sp³-hybridized carbons (Fsp3) is 0.250. The van der Waals surface area contributed by atoms with Gasteiger partial charge in [0.25, 0.3) is 0 Å². The van der Waals surface area contributed by atoms with Gasteiger partial charge in [-0.2, -0.15) is 0 Å². The first-order valence-electron chi connectivity index (χ1n) is 6.59. The maximum Gasteiger partial charge on any atom is 0.142 e. The van der Waals surface area contributed by atoms with E-state index in [4.69, 9.17) is 23.2 Å². The lowest BCUT2D eigenvalue weighted by Crippen LogP contribution is -2.27. The highest BCUT2D eigenvalue weighted by atomic mass is 35.5. The SMILES string of the molecule is CC(NC(CO)c1ccccc1)c1cc(F)c(Cl)cc1Cl. The van der Waals surface area contributed by atoms with E-state index in [1.165, 1.54) is 12.1 Å². The molecule has 0 saturated heterocycles. The molecule has 0 aliphatic heterocycles. The number of rotatable bonds is 5. The van der Waals surface area contributed by atoms with Gasteiger partial charge in [-0.1, -0.05) is 53.5 Å². The van der Waals surface area contributed by atoms with Gasteiger partial charge < -0.3 is 10.4 Å². The van der Waals surface area contributed by atoms with Gasteiger partial charge in [-0.05, 0) is 30.2 Å². The molecule has 0 fully saturated rings. The molecule has 0 aliphatic carbocycles. The van der Waals surface area contributed by atoms with Crippen LogP contribution in [0.2, 0.25) is 10.0 Å². The van der Waals surface area contributed by atoms with Crippen molar-refractivity contribution < 1.29 is 9.50 Å². The second-order valence-electron chi connectivity index (χ2n) is 4.82. The first-order chi connectivity index (χ1) is 10.0. The Morgan fingerprint density at radius 3 is 2.43 bits per heavy atom. The average Bonchev–Trinajstić information content (AvgIpc) is 2.49. The molecule has 21 heavy (non-hydrogen) atoms. The zero-order valence-corrected chi connectivity index (χ0v) is 13.0. The van der Waals surface area contributed by atoms with E-state index in [0.29, 0.717) is 10.6 Å². The quantitative estimate of drug-likeness (QED) is 0.791. The van der Waals surface area contributed by atoms with Gasteiger partial charge in [0.15, 0.2) is 0 Å². The van der Waals surface area contributed by atoms with E-state index >= 15 is 0 Å². The fourth-order valence-electron chi connectivity index (χ4n) is 2.20. The van der Waals surface area contributed by atoms with Crippen LogP contribution in [0.5, 0.6) is 0 Å². The van der Waals surface area contributed by atoms with Gasteiger partial charge in [0.1, 0.15) is 5.82 Å². The number of aliphatic hydroxyl groups is 1. The Labute approximate surface area is 133 Å². The Kier molecular flexibility index (Phi) is 5.59. The van der Waals surface area contributed by atoms with Crippen LogP contribution < -0.4 is 5.32 Å². The summed E-state index contributed by atoms with van der Waals surface area (Å²) in [5.74, 6) is -0.509.